The second kappa shape index (κ2) is 6.10. The highest BCUT2D eigenvalue weighted by molar-refractivity contribution is 5.87. The molecule has 4 aliphatic carbocycles. The number of nitrogens with zero attached hydrogens (tertiary/aromatic N) is 1. The lowest BCUT2D eigenvalue weighted by Gasteiger charge is -2.57. The molecular weight excluding hydrogens is 288 g/mol. The Bertz CT molecular complexity index is 450. The molecule has 0 aromatic rings. The summed E-state index contributed by atoms with van der Waals surface area (Å²) >= 11 is 0. The number of rotatable bonds is 5. The Hall–Kier alpha value is -1.06. The fraction of sp³-hybridized carbons (Fsp3) is 0.895. The third-order valence-corrected chi connectivity index (χ3v) is 6.41. The summed E-state index contributed by atoms with van der Waals surface area (Å²) in [5.41, 5.74) is 0.358. The molecule has 0 aliphatic heterocycles. The zero-order chi connectivity index (χ0) is 16.8. The Balaban J connectivity index is 1.67. The summed E-state index contributed by atoms with van der Waals surface area (Å²) in [5.74, 6) is 2.78. The van der Waals surface area contributed by atoms with Gasteiger partial charge in [0, 0.05) is 20.5 Å². The second-order valence-corrected chi connectivity index (χ2v) is 9.03. The molecule has 130 valence electrons. The van der Waals surface area contributed by atoms with Crippen LogP contribution < -0.4 is 5.32 Å². The van der Waals surface area contributed by atoms with Gasteiger partial charge in [0.2, 0.25) is 11.8 Å². The van der Waals surface area contributed by atoms with Crippen LogP contribution in [-0.2, 0) is 9.59 Å². The van der Waals surface area contributed by atoms with Crippen molar-refractivity contribution in [1.82, 2.24) is 10.2 Å². The van der Waals surface area contributed by atoms with E-state index in [0.717, 1.165) is 24.3 Å². The maximum atomic E-state index is 12.9. The van der Waals surface area contributed by atoms with Gasteiger partial charge < -0.3 is 10.2 Å². The van der Waals surface area contributed by atoms with Crippen LogP contribution in [-0.4, -0.2) is 36.3 Å². The van der Waals surface area contributed by atoms with Crippen molar-refractivity contribution in [3.05, 3.63) is 0 Å². The predicted octanol–water partition coefficient (Wildman–Crippen LogP) is 2.82. The first kappa shape index (κ1) is 16.8. The van der Waals surface area contributed by atoms with E-state index in [1.807, 2.05) is 25.8 Å². The topological polar surface area (TPSA) is 49.4 Å². The van der Waals surface area contributed by atoms with Crippen LogP contribution in [0.3, 0.4) is 0 Å². The molecule has 0 saturated heterocycles. The summed E-state index contributed by atoms with van der Waals surface area (Å²) in [6.07, 6.45) is 8.21. The average Bonchev–Trinajstić information content (AvgIpc) is 2.41. The lowest BCUT2D eigenvalue weighted by molar-refractivity contribution is -0.140. The van der Waals surface area contributed by atoms with E-state index in [9.17, 15) is 9.59 Å². The maximum Gasteiger partial charge on any atom is 0.245 e. The first-order valence-corrected chi connectivity index (χ1v) is 9.30. The van der Waals surface area contributed by atoms with Crippen molar-refractivity contribution in [2.75, 3.05) is 13.6 Å². The number of likely N-dealkylation sites (N-methyl/N-ethyl adjacent to an activating group) is 1. The van der Waals surface area contributed by atoms with Crippen molar-refractivity contribution in [2.24, 2.45) is 29.1 Å². The summed E-state index contributed by atoms with van der Waals surface area (Å²) in [6.45, 7) is 6.36. The van der Waals surface area contributed by atoms with Crippen LogP contribution in [0.4, 0.5) is 0 Å². The minimum absolute atomic E-state index is 0.0749. The Morgan fingerprint density at radius 1 is 1.09 bits per heavy atom. The molecule has 0 radical (unpaired) electrons. The van der Waals surface area contributed by atoms with E-state index in [-0.39, 0.29) is 17.7 Å². The van der Waals surface area contributed by atoms with Gasteiger partial charge in [-0.2, -0.15) is 0 Å². The zero-order valence-corrected chi connectivity index (χ0v) is 15.1. The van der Waals surface area contributed by atoms with Crippen LogP contribution in [0.15, 0.2) is 0 Å². The van der Waals surface area contributed by atoms with E-state index in [2.05, 4.69) is 5.32 Å². The van der Waals surface area contributed by atoms with Gasteiger partial charge in [-0.15, -0.1) is 0 Å². The number of hydrogen-bond acceptors (Lipinski definition) is 2. The van der Waals surface area contributed by atoms with Gasteiger partial charge >= 0.3 is 0 Å². The van der Waals surface area contributed by atoms with Gasteiger partial charge in [0.1, 0.15) is 6.04 Å². The van der Waals surface area contributed by atoms with Crippen LogP contribution in [0.5, 0.6) is 0 Å². The molecule has 4 nitrogen and oxygen atoms in total. The Morgan fingerprint density at radius 2 is 1.57 bits per heavy atom. The number of amides is 2. The maximum absolute atomic E-state index is 12.9. The van der Waals surface area contributed by atoms with Crippen molar-refractivity contribution in [1.29, 1.82) is 0 Å². The molecule has 0 aromatic heterocycles. The largest absolute Gasteiger partial charge is 0.344 e. The molecule has 4 aliphatic rings. The monoisotopic (exact) mass is 320 g/mol. The third kappa shape index (κ3) is 3.41. The van der Waals surface area contributed by atoms with Crippen LogP contribution >= 0.6 is 0 Å². The molecule has 2 amide bonds. The zero-order valence-electron chi connectivity index (χ0n) is 15.1. The van der Waals surface area contributed by atoms with Gasteiger partial charge in [0.05, 0.1) is 0 Å². The predicted molar refractivity (Wildman–Crippen MR) is 90.7 cm³/mol. The van der Waals surface area contributed by atoms with E-state index in [1.165, 1.54) is 45.4 Å². The summed E-state index contributed by atoms with van der Waals surface area (Å²) in [4.78, 5) is 26.2. The molecule has 1 atom stereocenters. The molecular formula is C19H32N2O2. The van der Waals surface area contributed by atoms with Crippen molar-refractivity contribution in [3.8, 4) is 0 Å². The minimum Gasteiger partial charge on any atom is -0.344 e. The highest BCUT2D eigenvalue weighted by atomic mass is 16.2. The van der Waals surface area contributed by atoms with E-state index in [0.29, 0.717) is 5.41 Å². The standard InChI is InChI=1S/C19H32N2O2/c1-12(2)17(20-13(3)22)18(23)21(4)11-19-8-14-5-15(9-19)7-16(6-14)10-19/h12,14-17H,5-11H2,1-4H3,(H,20,22). The first-order chi connectivity index (χ1) is 10.8. The fourth-order valence-electron chi connectivity index (χ4n) is 6.03. The minimum atomic E-state index is -0.397. The number of carbonyl (C=O) groups excluding carboxylic acids is 2. The van der Waals surface area contributed by atoms with Crippen molar-refractivity contribution in [2.45, 2.75) is 65.3 Å². The highest BCUT2D eigenvalue weighted by Crippen LogP contribution is 2.60. The van der Waals surface area contributed by atoms with Gasteiger partial charge in [-0.05, 0) is 67.6 Å². The summed E-state index contributed by atoms with van der Waals surface area (Å²) < 4.78 is 0. The summed E-state index contributed by atoms with van der Waals surface area (Å²) in [6, 6.07) is -0.397. The molecule has 4 heteroatoms. The van der Waals surface area contributed by atoms with Gasteiger partial charge in [0.15, 0.2) is 0 Å². The number of nitrogens with one attached hydrogen (secondary N) is 1. The quantitative estimate of drug-likeness (QED) is 0.847. The number of carbonyl (C=O) groups is 2. The molecule has 1 unspecified atom stereocenters. The summed E-state index contributed by atoms with van der Waals surface area (Å²) in [7, 11) is 1.93. The van der Waals surface area contributed by atoms with Crippen LogP contribution in [0.2, 0.25) is 0 Å². The third-order valence-electron chi connectivity index (χ3n) is 6.41. The normalized spacial score (nSPS) is 36.1. The Morgan fingerprint density at radius 3 is 1.96 bits per heavy atom. The highest BCUT2D eigenvalue weighted by Gasteiger charge is 2.51. The van der Waals surface area contributed by atoms with Gasteiger partial charge in [-0.1, -0.05) is 13.8 Å². The van der Waals surface area contributed by atoms with Crippen molar-refractivity contribution in [3.63, 3.8) is 0 Å². The SMILES string of the molecule is CC(=O)NC(C(=O)N(C)CC12CC3CC(CC(C3)C1)C2)C(C)C. The first-order valence-electron chi connectivity index (χ1n) is 9.30. The van der Waals surface area contributed by atoms with Crippen LogP contribution in [0.1, 0.15) is 59.3 Å². The molecule has 1 N–H and O–H groups in total. The van der Waals surface area contributed by atoms with Gasteiger partial charge in [-0.3, -0.25) is 9.59 Å². The molecule has 0 heterocycles. The molecule has 0 aromatic carbocycles. The number of hydrogen-bond donors (Lipinski definition) is 1. The second-order valence-electron chi connectivity index (χ2n) is 9.03. The smallest absolute Gasteiger partial charge is 0.245 e. The van der Waals surface area contributed by atoms with E-state index >= 15 is 0 Å². The molecule has 4 fully saturated rings. The molecule has 23 heavy (non-hydrogen) atoms. The molecule has 4 rings (SSSR count). The molecule has 4 saturated carbocycles. The molecule has 4 bridgehead atoms. The van der Waals surface area contributed by atoms with E-state index in [1.54, 1.807) is 0 Å². The Labute approximate surface area is 140 Å². The van der Waals surface area contributed by atoms with Gasteiger partial charge in [-0.25, -0.2) is 0 Å². The van der Waals surface area contributed by atoms with Crippen LogP contribution in [0.25, 0.3) is 0 Å². The van der Waals surface area contributed by atoms with Crippen molar-refractivity contribution < 1.29 is 9.59 Å². The van der Waals surface area contributed by atoms with Gasteiger partial charge in [0.25, 0.3) is 0 Å². The van der Waals surface area contributed by atoms with E-state index in [4.69, 9.17) is 0 Å². The average molecular weight is 320 g/mol. The van der Waals surface area contributed by atoms with Crippen molar-refractivity contribution >= 4 is 11.8 Å². The summed E-state index contributed by atoms with van der Waals surface area (Å²) in [5, 5.41) is 2.84. The lowest BCUT2D eigenvalue weighted by Crippen LogP contribution is -2.55. The van der Waals surface area contributed by atoms with E-state index < -0.39 is 6.04 Å². The Kier molecular flexibility index (Phi) is 4.45. The molecule has 0 spiro atoms. The van der Waals surface area contributed by atoms with Crippen LogP contribution in [0, 0.1) is 29.1 Å². The fourth-order valence-corrected chi connectivity index (χ4v) is 6.03. The lowest BCUT2D eigenvalue weighted by atomic mass is 9.49.